The van der Waals surface area contributed by atoms with Crippen LogP contribution in [0.1, 0.15) is 35.6 Å². The first kappa shape index (κ1) is 29.8. The van der Waals surface area contributed by atoms with E-state index < -0.39 is 18.1 Å². The van der Waals surface area contributed by atoms with Crippen LogP contribution in [0.15, 0.2) is 48.5 Å². The number of carboxylic acid groups (broad SMARTS) is 1. The van der Waals surface area contributed by atoms with Gasteiger partial charge in [-0.1, -0.05) is 6.07 Å². The van der Waals surface area contributed by atoms with Crippen molar-refractivity contribution in [3.05, 3.63) is 65.2 Å². The SMILES string of the molecule is COc1ccc2cc(C3c4cc(OC)c(OC)cc4CCN3C(=O)[C@H](N)CCC(=O)O)c3cc(OC)c(OC)cc3c2c1. The van der Waals surface area contributed by atoms with Crippen LogP contribution in [-0.4, -0.2) is 70.0 Å². The number of hydrogen-bond acceptors (Lipinski definition) is 8. The average Bonchev–Trinajstić information content (AvgIpc) is 3.04. The summed E-state index contributed by atoms with van der Waals surface area (Å²) in [7, 11) is 7.96. The van der Waals surface area contributed by atoms with Gasteiger partial charge >= 0.3 is 5.97 Å². The minimum absolute atomic E-state index is 0.0272. The second-order valence-corrected chi connectivity index (χ2v) is 10.4. The zero-order valence-corrected chi connectivity index (χ0v) is 24.9. The third-order valence-corrected chi connectivity index (χ3v) is 8.13. The van der Waals surface area contributed by atoms with Gasteiger partial charge in [0, 0.05) is 13.0 Å². The van der Waals surface area contributed by atoms with E-state index in [9.17, 15) is 14.7 Å². The normalized spacial score (nSPS) is 15.1. The molecule has 2 atom stereocenters. The molecule has 10 heteroatoms. The molecule has 1 aliphatic heterocycles. The van der Waals surface area contributed by atoms with Crippen molar-refractivity contribution in [3.8, 4) is 28.7 Å². The highest BCUT2D eigenvalue weighted by atomic mass is 16.5. The molecule has 5 rings (SSSR count). The highest BCUT2D eigenvalue weighted by Gasteiger charge is 2.37. The molecular weight excluding hydrogens is 552 g/mol. The fraction of sp³-hybridized carbons (Fsp3) is 0.333. The predicted molar refractivity (Wildman–Crippen MR) is 163 cm³/mol. The van der Waals surface area contributed by atoms with Gasteiger partial charge in [0.25, 0.3) is 0 Å². The molecule has 4 aromatic rings. The summed E-state index contributed by atoms with van der Waals surface area (Å²) in [6.45, 7) is 0.377. The fourth-order valence-corrected chi connectivity index (χ4v) is 5.97. The lowest BCUT2D eigenvalue weighted by atomic mass is 9.83. The van der Waals surface area contributed by atoms with Gasteiger partial charge in [-0.2, -0.15) is 0 Å². The van der Waals surface area contributed by atoms with E-state index in [-0.39, 0.29) is 18.7 Å². The van der Waals surface area contributed by atoms with E-state index in [2.05, 4.69) is 6.07 Å². The Labute approximate surface area is 249 Å². The number of nitrogens with zero attached hydrogens (tertiary/aromatic N) is 1. The molecule has 43 heavy (non-hydrogen) atoms. The number of carbonyl (C=O) groups excluding carboxylic acids is 1. The van der Waals surface area contributed by atoms with Gasteiger partial charge in [0.15, 0.2) is 23.0 Å². The molecule has 226 valence electrons. The molecule has 3 N–H and O–H groups in total. The third-order valence-electron chi connectivity index (χ3n) is 8.13. The van der Waals surface area contributed by atoms with Crippen LogP contribution in [0, 0.1) is 0 Å². The molecule has 4 aromatic carbocycles. The van der Waals surface area contributed by atoms with E-state index in [4.69, 9.17) is 29.4 Å². The van der Waals surface area contributed by atoms with E-state index in [0.29, 0.717) is 41.7 Å². The minimum Gasteiger partial charge on any atom is -0.497 e. The molecule has 0 saturated heterocycles. The minimum atomic E-state index is -1.00. The van der Waals surface area contributed by atoms with E-state index in [0.717, 1.165) is 38.2 Å². The molecule has 0 saturated carbocycles. The number of hydrogen-bond donors (Lipinski definition) is 2. The molecule has 0 aliphatic carbocycles. The Morgan fingerprint density at radius 1 is 0.814 bits per heavy atom. The standard InChI is InChI=1S/C33H36N2O8/c1-39-20-7-6-18-12-25(24-17-30(43-5)29(42-4)16-23(24)21(18)14-20)32-22-15-28(41-3)27(40-2)13-19(22)10-11-35(32)33(38)26(34)8-9-31(36)37/h6-7,12-17,26,32H,8-11,34H2,1-5H3,(H,36,37)/t26-,32?/m1/s1. The highest BCUT2D eigenvalue weighted by molar-refractivity contribution is 6.11. The molecule has 0 spiro atoms. The summed E-state index contributed by atoms with van der Waals surface area (Å²) in [5, 5.41) is 12.8. The van der Waals surface area contributed by atoms with Gasteiger partial charge < -0.3 is 39.4 Å². The summed E-state index contributed by atoms with van der Waals surface area (Å²) in [5.41, 5.74) is 9.05. The van der Waals surface area contributed by atoms with Crippen LogP contribution >= 0.6 is 0 Å². The smallest absolute Gasteiger partial charge is 0.303 e. The van der Waals surface area contributed by atoms with Crippen LogP contribution in [0.5, 0.6) is 28.7 Å². The van der Waals surface area contributed by atoms with E-state index in [1.807, 2.05) is 42.5 Å². The Kier molecular flexibility index (Phi) is 8.50. The van der Waals surface area contributed by atoms with E-state index in [1.54, 1.807) is 40.4 Å². The number of rotatable bonds is 10. The van der Waals surface area contributed by atoms with Crippen molar-refractivity contribution in [1.82, 2.24) is 4.90 Å². The zero-order chi connectivity index (χ0) is 30.8. The lowest BCUT2D eigenvalue weighted by molar-refractivity contribution is -0.138. The van der Waals surface area contributed by atoms with Crippen LogP contribution in [0.3, 0.4) is 0 Å². The summed E-state index contributed by atoms with van der Waals surface area (Å²) in [4.78, 5) is 27.0. The second-order valence-electron chi connectivity index (χ2n) is 10.4. The first-order chi connectivity index (χ1) is 20.7. The highest BCUT2D eigenvalue weighted by Crippen LogP contribution is 2.46. The Morgan fingerprint density at radius 2 is 1.44 bits per heavy atom. The number of methoxy groups -OCH3 is 5. The summed E-state index contributed by atoms with van der Waals surface area (Å²) < 4.78 is 28.2. The zero-order valence-electron chi connectivity index (χ0n) is 24.9. The number of carboxylic acids is 1. The summed E-state index contributed by atoms with van der Waals surface area (Å²) in [5.74, 6) is 1.61. The van der Waals surface area contributed by atoms with Crippen molar-refractivity contribution in [2.24, 2.45) is 5.73 Å². The second kappa shape index (κ2) is 12.3. The molecule has 1 amide bonds. The Morgan fingerprint density at radius 3 is 2.07 bits per heavy atom. The number of aliphatic carboxylic acids is 1. The van der Waals surface area contributed by atoms with Gasteiger partial charge in [-0.3, -0.25) is 9.59 Å². The van der Waals surface area contributed by atoms with Crippen LogP contribution in [0.2, 0.25) is 0 Å². The molecular formula is C33H36N2O8. The quantitative estimate of drug-likeness (QED) is 0.253. The first-order valence-electron chi connectivity index (χ1n) is 13.9. The first-order valence-corrected chi connectivity index (χ1v) is 13.9. The number of carbonyl (C=O) groups is 2. The van der Waals surface area contributed by atoms with Crippen LogP contribution in [0.4, 0.5) is 0 Å². The Balaban J connectivity index is 1.82. The van der Waals surface area contributed by atoms with Gasteiger partial charge in [-0.05, 0) is 93.5 Å². The Bertz CT molecular complexity index is 1700. The fourth-order valence-electron chi connectivity index (χ4n) is 5.97. The van der Waals surface area contributed by atoms with Crippen molar-refractivity contribution in [2.75, 3.05) is 42.1 Å². The summed E-state index contributed by atoms with van der Waals surface area (Å²) in [6.07, 6.45) is 0.383. The average molecular weight is 589 g/mol. The van der Waals surface area contributed by atoms with Gasteiger partial charge in [-0.25, -0.2) is 0 Å². The summed E-state index contributed by atoms with van der Waals surface area (Å²) in [6, 6.07) is 14.1. The summed E-state index contributed by atoms with van der Waals surface area (Å²) >= 11 is 0. The number of ether oxygens (including phenoxy) is 5. The largest absolute Gasteiger partial charge is 0.497 e. The molecule has 0 bridgehead atoms. The van der Waals surface area contributed by atoms with Gasteiger partial charge in [-0.15, -0.1) is 0 Å². The van der Waals surface area contributed by atoms with Crippen molar-refractivity contribution < 1.29 is 38.4 Å². The lowest BCUT2D eigenvalue weighted by Crippen LogP contribution is -2.48. The number of amides is 1. The van der Waals surface area contributed by atoms with Gasteiger partial charge in [0.1, 0.15) is 5.75 Å². The molecule has 1 aliphatic rings. The lowest BCUT2D eigenvalue weighted by Gasteiger charge is -2.40. The van der Waals surface area contributed by atoms with Crippen LogP contribution in [0.25, 0.3) is 21.5 Å². The molecule has 0 fully saturated rings. The molecule has 0 aromatic heterocycles. The van der Waals surface area contributed by atoms with Gasteiger partial charge in [0.05, 0.1) is 47.6 Å². The van der Waals surface area contributed by atoms with E-state index >= 15 is 0 Å². The van der Waals surface area contributed by atoms with Crippen molar-refractivity contribution >= 4 is 33.4 Å². The molecule has 10 nitrogen and oxygen atoms in total. The maximum atomic E-state index is 14.0. The van der Waals surface area contributed by atoms with Crippen molar-refractivity contribution in [1.29, 1.82) is 0 Å². The number of benzene rings is 4. The topological polar surface area (TPSA) is 130 Å². The number of nitrogens with two attached hydrogens (primary N) is 1. The van der Waals surface area contributed by atoms with Crippen molar-refractivity contribution in [2.45, 2.75) is 31.3 Å². The van der Waals surface area contributed by atoms with Crippen molar-refractivity contribution in [3.63, 3.8) is 0 Å². The molecule has 1 heterocycles. The van der Waals surface area contributed by atoms with Crippen LogP contribution in [-0.2, 0) is 16.0 Å². The maximum absolute atomic E-state index is 14.0. The maximum Gasteiger partial charge on any atom is 0.303 e. The third kappa shape index (κ3) is 5.46. The molecule has 0 radical (unpaired) electrons. The van der Waals surface area contributed by atoms with Gasteiger partial charge in [0.2, 0.25) is 5.91 Å². The van der Waals surface area contributed by atoms with E-state index in [1.165, 1.54) is 0 Å². The van der Waals surface area contributed by atoms with Crippen LogP contribution < -0.4 is 29.4 Å². The Hall–Kier alpha value is -4.70. The predicted octanol–water partition coefficient (Wildman–Crippen LogP) is 4.70. The monoisotopic (exact) mass is 588 g/mol. The molecule has 1 unspecified atom stereocenters. The number of fused-ring (bicyclic) bond motifs is 4.